The lowest BCUT2D eigenvalue weighted by Crippen LogP contribution is -2.29. The van der Waals surface area contributed by atoms with Crippen molar-refractivity contribution in [2.75, 3.05) is 13.2 Å². The second-order valence-electron chi connectivity index (χ2n) is 2.62. The van der Waals surface area contributed by atoms with Crippen LogP contribution in [0.2, 0.25) is 0 Å². The van der Waals surface area contributed by atoms with E-state index >= 15 is 0 Å². The minimum Gasteiger partial charge on any atom is -0.381 e. The van der Waals surface area contributed by atoms with Crippen LogP contribution in [0.25, 0.3) is 0 Å². The molecule has 1 unspecified atom stereocenters. The molecule has 0 N–H and O–H groups in total. The quantitative estimate of drug-likeness (QED) is 0.613. The summed E-state index contributed by atoms with van der Waals surface area (Å²) in [5.41, 5.74) is 0. The molecule has 0 aromatic rings. The zero-order valence-corrected chi connectivity index (χ0v) is 6.06. The Morgan fingerprint density at radius 1 is 1.55 bits per heavy atom. The number of carbonyl (C=O) groups excluding carboxylic acids is 1. The van der Waals surface area contributed by atoms with Crippen molar-refractivity contribution in [2.24, 2.45) is 5.92 Å². The zero-order chi connectivity index (χ0) is 8.27. The Hall–Kier alpha value is -0.510. The molecular weight excluding hydrogens is 154 g/mol. The Morgan fingerprint density at radius 3 is 2.73 bits per heavy atom. The molecule has 0 aliphatic carbocycles. The molecular formula is C7H10F2O2. The fraction of sp³-hybridized carbons (Fsp3) is 0.857. The van der Waals surface area contributed by atoms with Gasteiger partial charge in [0, 0.05) is 12.5 Å². The van der Waals surface area contributed by atoms with Gasteiger partial charge in [-0.3, -0.25) is 4.79 Å². The van der Waals surface area contributed by atoms with Crippen molar-refractivity contribution < 1.29 is 18.3 Å². The lowest BCUT2D eigenvalue weighted by molar-refractivity contribution is -0.137. The minimum atomic E-state index is -2.83. The van der Waals surface area contributed by atoms with Crippen molar-refractivity contribution in [3.8, 4) is 0 Å². The van der Waals surface area contributed by atoms with Crippen molar-refractivity contribution in [3.05, 3.63) is 0 Å². The number of hydrogen-bond acceptors (Lipinski definition) is 2. The van der Waals surface area contributed by atoms with Gasteiger partial charge in [0.15, 0.2) is 0 Å². The maximum Gasteiger partial charge on any atom is 0.296 e. The normalized spacial score (nSPS) is 25.5. The molecule has 0 spiro atoms. The van der Waals surface area contributed by atoms with Gasteiger partial charge in [0.1, 0.15) is 0 Å². The van der Waals surface area contributed by atoms with Crippen LogP contribution in [0.15, 0.2) is 0 Å². The molecule has 1 rings (SSSR count). The highest BCUT2D eigenvalue weighted by atomic mass is 19.3. The van der Waals surface area contributed by atoms with Crippen LogP contribution in [0.4, 0.5) is 8.78 Å². The second kappa shape index (κ2) is 3.76. The number of ketones is 1. The summed E-state index contributed by atoms with van der Waals surface area (Å²) in [5, 5.41) is 0. The number of Topliss-reactive ketones (excluding diaryl/α,β-unsaturated/α-hetero) is 1. The molecule has 1 fully saturated rings. The summed E-state index contributed by atoms with van der Waals surface area (Å²) < 4.78 is 28.5. The predicted molar refractivity (Wildman–Crippen MR) is 34.6 cm³/mol. The molecule has 0 amide bonds. The Bertz CT molecular complexity index is 141. The lowest BCUT2D eigenvalue weighted by atomic mass is 9.98. The van der Waals surface area contributed by atoms with Crippen LogP contribution in [0.1, 0.15) is 12.8 Å². The maximum atomic E-state index is 11.8. The van der Waals surface area contributed by atoms with Crippen molar-refractivity contribution in [3.63, 3.8) is 0 Å². The Morgan fingerprint density at radius 2 is 2.27 bits per heavy atom. The second-order valence-corrected chi connectivity index (χ2v) is 2.62. The largest absolute Gasteiger partial charge is 0.381 e. The van der Waals surface area contributed by atoms with Crippen molar-refractivity contribution >= 4 is 5.78 Å². The van der Waals surface area contributed by atoms with Crippen LogP contribution in [0.5, 0.6) is 0 Å². The van der Waals surface area contributed by atoms with E-state index in [9.17, 15) is 13.6 Å². The first kappa shape index (κ1) is 8.59. The average Bonchev–Trinajstić information content (AvgIpc) is 2.05. The molecule has 0 radical (unpaired) electrons. The maximum absolute atomic E-state index is 11.8. The number of rotatable bonds is 2. The van der Waals surface area contributed by atoms with E-state index in [0.29, 0.717) is 19.4 Å². The van der Waals surface area contributed by atoms with Gasteiger partial charge in [-0.25, -0.2) is 8.78 Å². The fourth-order valence-electron chi connectivity index (χ4n) is 1.14. The molecule has 0 saturated carbocycles. The average molecular weight is 164 g/mol. The van der Waals surface area contributed by atoms with Gasteiger partial charge in [0.05, 0.1) is 6.61 Å². The fourth-order valence-corrected chi connectivity index (χ4v) is 1.14. The van der Waals surface area contributed by atoms with Crippen molar-refractivity contribution in [1.29, 1.82) is 0 Å². The Labute approximate surface area is 63.5 Å². The third-order valence-electron chi connectivity index (χ3n) is 1.78. The van der Waals surface area contributed by atoms with E-state index in [4.69, 9.17) is 4.74 Å². The highest BCUT2D eigenvalue weighted by Gasteiger charge is 2.28. The number of ether oxygens (including phenoxy) is 1. The first-order valence-electron chi connectivity index (χ1n) is 3.61. The summed E-state index contributed by atoms with van der Waals surface area (Å²) in [5.74, 6) is -1.53. The van der Waals surface area contributed by atoms with Crippen molar-refractivity contribution in [1.82, 2.24) is 0 Å². The third kappa shape index (κ3) is 2.22. The summed E-state index contributed by atoms with van der Waals surface area (Å²) in [6, 6.07) is 0. The summed E-state index contributed by atoms with van der Waals surface area (Å²) in [6.45, 7) is 0.760. The van der Waals surface area contributed by atoms with Gasteiger partial charge in [-0.05, 0) is 12.8 Å². The van der Waals surface area contributed by atoms with E-state index in [1.54, 1.807) is 0 Å². The SMILES string of the molecule is O=C(C(F)F)C1CCCOC1. The molecule has 11 heavy (non-hydrogen) atoms. The molecule has 0 bridgehead atoms. The molecule has 1 saturated heterocycles. The predicted octanol–water partition coefficient (Wildman–Crippen LogP) is 1.25. The van der Waals surface area contributed by atoms with Crippen LogP contribution in [-0.2, 0) is 9.53 Å². The van der Waals surface area contributed by atoms with Gasteiger partial charge < -0.3 is 4.74 Å². The molecule has 64 valence electrons. The van der Waals surface area contributed by atoms with E-state index in [0.717, 1.165) is 0 Å². The number of hydrogen-bond donors (Lipinski definition) is 0. The highest BCUT2D eigenvalue weighted by Crippen LogP contribution is 2.17. The van der Waals surface area contributed by atoms with Gasteiger partial charge >= 0.3 is 0 Å². The van der Waals surface area contributed by atoms with Crippen LogP contribution in [0, 0.1) is 5.92 Å². The van der Waals surface area contributed by atoms with E-state index in [1.165, 1.54) is 0 Å². The molecule has 0 aromatic carbocycles. The third-order valence-corrected chi connectivity index (χ3v) is 1.78. The molecule has 1 heterocycles. The number of halogens is 2. The van der Waals surface area contributed by atoms with Gasteiger partial charge in [-0.1, -0.05) is 0 Å². The molecule has 4 heteroatoms. The Kier molecular flexibility index (Phi) is 2.93. The van der Waals surface area contributed by atoms with Crippen LogP contribution >= 0.6 is 0 Å². The summed E-state index contributed by atoms with van der Waals surface area (Å²) in [4.78, 5) is 10.7. The van der Waals surface area contributed by atoms with E-state index in [-0.39, 0.29) is 6.61 Å². The van der Waals surface area contributed by atoms with E-state index < -0.39 is 18.1 Å². The first-order valence-corrected chi connectivity index (χ1v) is 3.61. The Balaban J connectivity index is 2.39. The molecule has 1 aliphatic rings. The topological polar surface area (TPSA) is 26.3 Å². The van der Waals surface area contributed by atoms with Crippen LogP contribution in [-0.4, -0.2) is 25.4 Å². The van der Waals surface area contributed by atoms with E-state index in [1.807, 2.05) is 0 Å². The monoisotopic (exact) mass is 164 g/mol. The molecule has 2 nitrogen and oxygen atoms in total. The van der Waals surface area contributed by atoms with Crippen LogP contribution in [0.3, 0.4) is 0 Å². The number of carbonyl (C=O) groups is 1. The highest BCUT2D eigenvalue weighted by molar-refractivity contribution is 5.84. The summed E-state index contributed by atoms with van der Waals surface area (Å²) in [6.07, 6.45) is -1.58. The standard InChI is InChI=1S/C7H10F2O2/c8-7(9)6(10)5-2-1-3-11-4-5/h5,7H,1-4H2. The van der Waals surface area contributed by atoms with Crippen molar-refractivity contribution in [2.45, 2.75) is 19.3 Å². The smallest absolute Gasteiger partial charge is 0.296 e. The molecule has 0 aromatic heterocycles. The zero-order valence-electron chi connectivity index (χ0n) is 6.06. The number of alkyl halides is 2. The van der Waals surface area contributed by atoms with E-state index in [2.05, 4.69) is 0 Å². The summed E-state index contributed by atoms with van der Waals surface area (Å²) >= 11 is 0. The van der Waals surface area contributed by atoms with Gasteiger partial charge in [-0.2, -0.15) is 0 Å². The van der Waals surface area contributed by atoms with Gasteiger partial charge in [0.25, 0.3) is 6.43 Å². The summed E-state index contributed by atoms with van der Waals surface area (Å²) in [7, 11) is 0. The lowest BCUT2D eigenvalue weighted by Gasteiger charge is -2.19. The van der Waals surface area contributed by atoms with Gasteiger partial charge in [0.2, 0.25) is 5.78 Å². The van der Waals surface area contributed by atoms with Gasteiger partial charge in [-0.15, -0.1) is 0 Å². The first-order chi connectivity index (χ1) is 5.22. The molecule has 1 aliphatic heterocycles. The van der Waals surface area contributed by atoms with Crippen LogP contribution < -0.4 is 0 Å². The minimum absolute atomic E-state index is 0.170. The molecule has 1 atom stereocenters.